The van der Waals surface area contributed by atoms with E-state index in [0.717, 1.165) is 11.1 Å². The van der Waals surface area contributed by atoms with E-state index in [1.807, 2.05) is 54.6 Å². The Hall–Kier alpha value is -4.84. The number of fused-ring (bicyclic) bond motifs is 1. The van der Waals surface area contributed by atoms with Crippen molar-refractivity contribution in [2.45, 2.75) is 0 Å². The average molecular weight is 463 g/mol. The Morgan fingerprint density at radius 3 is 2.20 bits per heavy atom. The van der Waals surface area contributed by atoms with Gasteiger partial charge in [-0.25, -0.2) is 0 Å². The third-order valence-corrected chi connectivity index (χ3v) is 5.62. The van der Waals surface area contributed by atoms with Crippen molar-refractivity contribution in [1.82, 2.24) is 0 Å². The number of nitrogens with one attached hydrogen (secondary N) is 2. The van der Waals surface area contributed by atoms with Gasteiger partial charge in [0.15, 0.2) is 0 Å². The van der Waals surface area contributed by atoms with Crippen LogP contribution < -0.4 is 15.4 Å². The van der Waals surface area contributed by atoms with Crippen LogP contribution >= 0.6 is 0 Å². The number of carbonyl (C=O) groups is 2. The molecule has 172 valence electrons. The average Bonchev–Trinajstić information content (AvgIpc) is 3.28. The maximum atomic E-state index is 13.1. The maximum Gasteiger partial charge on any atom is 0.293 e. The van der Waals surface area contributed by atoms with Gasteiger partial charge in [0.25, 0.3) is 11.8 Å². The van der Waals surface area contributed by atoms with E-state index in [1.165, 1.54) is 0 Å². The quantitative estimate of drug-likeness (QED) is 0.297. The van der Waals surface area contributed by atoms with Gasteiger partial charge in [0.05, 0.1) is 7.11 Å². The van der Waals surface area contributed by atoms with Crippen molar-refractivity contribution in [2.24, 2.45) is 0 Å². The van der Waals surface area contributed by atoms with Crippen molar-refractivity contribution in [3.05, 3.63) is 114 Å². The molecule has 5 aromatic rings. The van der Waals surface area contributed by atoms with Crippen LogP contribution in [0.5, 0.6) is 5.75 Å². The summed E-state index contributed by atoms with van der Waals surface area (Å²) >= 11 is 0. The van der Waals surface area contributed by atoms with Crippen LogP contribution in [0.2, 0.25) is 0 Å². The maximum absolute atomic E-state index is 13.1. The molecule has 5 rings (SSSR count). The summed E-state index contributed by atoms with van der Waals surface area (Å²) in [5.41, 5.74) is 3.90. The van der Waals surface area contributed by atoms with Crippen molar-refractivity contribution >= 4 is 34.2 Å². The summed E-state index contributed by atoms with van der Waals surface area (Å²) < 4.78 is 11.1. The fraction of sp³-hybridized carbons (Fsp3) is 0.0345. The van der Waals surface area contributed by atoms with Crippen molar-refractivity contribution in [3.63, 3.8) is 0 Å². The first kappa shape index (κ1) is 22.0. The predicted molar refractivity (Wildman–Crippen MR) is 137 cm³/mol. The molecule has 2 amide bonds. The molecule has 0 fully saturated rings. The van der Waals surface area contributed by atoms with E-state index in [-0.39, 0.29) is 11.7 Å². The van der Waals surface area contributed by atoms with Crippen LogP contribution in [0.25, 0.3) is 22.1 Å². The normalized spacial score (nSPS) is 10.7. The molecule has 1 aromatic heterocycles. The minimum atomic E-state index is -0.482. The number of amides is 2. The Labute approximate surface area is 202 Å². The van der Waals surface area contributed by atoms with Crippen molar-refractivity contribution in [2.75, 3.05) is 17.7 Å². The Kier molecular flexibility index (Phi) is 6.01. The van der Waals surface area contributed by atoms with E-state index in [4.69, 9.17) is 9.15 Å². The molecule has 0 aliphatic rings. The first-order chi connectivity index (χ1) is 17.1. The summed E-state index contributed by atoms with van der Waals surface area (Å²) in [7, 11) is 1.56. The molecule has 0 radical (unpaired) electrons. The summed E-state index contributed by atoms with van der Waals surface area (Å²) in [6.07, 6.45) is 0. The van der Waals surface area contributed by atoms with Crippen LogP contribution in [0.1, 0.15) is 20.9 Å². The van der Waals surface area contributed by atoms with Gasteiger partial charge < -0.3 is 19.8 Å². The lowest BCUT2D eigenvalue weighted by molar-refractivity contribution is 0.0999. The molecule has 0 spiro atoms. The Balaban J connectivity index is 1.43. The number of hydrogen-bond donors (Lipinski definition) is 2. The monoisotopic (exact) mass is 462 g/mol. The van der Waals surface area contributed by atoms with Crippen LogP contribution in [0, 0.1) is 0 Å². The Morgan fingerprint density at radius 2 is 1.43 bits per heavy atom. The minimum absolute atomic E-state index is 0.0169. The smallest absolute Gasteiger partial charge is 0.293 e. The van der Waals surface area contributed by atoms with Crippen LogP contribution in [0.15, 0.2) is 108 Å². The van der Waals surface area contributed by atoms with E-state index in [9.17, 15) is 9.59 Å². The molecule has 0 unspecified atom stereocenters. The van der Waals surface area contributed by atoms with Crippen molar-refractivity contribution in [3.8, 4) is 16.9 Å². The lowest BCUT2D eigenvalue weighted by Gasteiger charge is -2.09. The number of benzene rings is 4. The number of rotatable bonds is 6. The highest BCUT2D eigenvalue weighted by Gasteiger charge is 2.23. The first-order valence-corrected chi connectivity index (χ1v) is 11.1. The number of carbonyl (C=O) groups excluding carboxylic acids is 2. The Morgan fingerprint density at radius 1 is 0.714 bits per heavy atom. The minimum Gasteiger partial charge on any atom is -0.497 e. The fourth-order valence-corrected chi connectivity index (χ4v) is 3.85. The second-order valence-electron chi connectivity index (χ2n) is 7.89. The highest BCUT2D eigenvalue weighted by Crippen LogP contribution is 2.32. The molecule has 0 atom stereocenters. The zero-order chi connectivity index (χ0) is 24.2. The predicted octanol–water partition coefficient (Wildman–Crippen LogP) is 6.61. The zero-order valence-corrected chi connectivity index (χ0v) is 18.9. The van der Waals surface area contributed by atoms with Gasteiger partial charge in [0.1, 0.15) is 17.0 Å². The number of anilines is 2. The third-order valence-electron chi connectivity index (χ3n) is 5.62. The summed E-state index contributed by atoms with van der Waals surface area (Å²) in [4.78, 5) is 26.2. The summed E-state index contributed by atoms with van der Waals surface area (Å²) in [5, 5.41) is 6.33. The molecule has 1 heterocycles. The number of methoxy groups -OCH3 is 1. The van der Waals surface area contributed by atoms with Gasteiger partial charge >= 0.3 is 0 Å². The lowest BCUT2D eigenvalue weighted by Crippen LogP contribution is -2.17. The highest BCUT2D eigenvalue weighted by molar-refractivity contribution is 6.17. The molecule has 6 nitrogen and oxygen atoms in total. The first-order valence-electron chi connectivity index (χ1n) is 11.1. The van der Waals surface area contributed by atoms with Crippen LogP contribution in [-0.2, 0) is 0 Å². The summed E-state index contributed by atoms with van der Waals surface area (Å²) in [6, 6.07) is 31.4. The summed E-state index contributed by atoms with van der Waals surface area (Å²) in [6.45, 7) is 0. The lowest BCUT2D eigenvalue weighted by atomic mass is 10.0. The van der Waals surface area contributed by atoms with Crippen LogP contribution in [0.4, 0.5) is 11.4 Å². The number of furan rings is 1. The second-order valence-corrected chi connectivity index (χ2v) is 7.89. The van der Waals surface area contributed by atoms with Crippen LogP contribution in [0.3, 0.4) is 0 Å². The van der Waals surface area contributed by atoms with Gasteiger partial charge in [-0.3, -0.25) is 9.59 Å². The number of para-hydroxylation sites is 1. The van der Waals surface area contributed by atoms with Gasteiger partial charge in [-0.1, -0.05) is 60.7 Å². The molecule has 4 aromatic carbocycles. The van der Waals surface area contributed by atoms with Gasteiger partial charge in [0.2, 0.25) is 5.76 Å². The SMILES string of the molecule is COc1cccc(NC(=O)c2oc3ccccc3c2NC(=O)c2ccc(-c3ccccc3)cc2)c1. The third kappa shape index (κ3) is 4.63. The molecular formula is C29H22N2O4. The molecule has 0 bridgehead atoms. The van der Waals surface area contributed by atoms with Gasteiger partial charge in [-0.15, -0.1) is 0 Å². The number of hydrogen-bond acceptors (Lipinski definition) is 4. The van der Waals surface area contributed by atoms with E-state index < -0.39 is 5.91 Å². The van der Waals surface area contributed by atoms with Gasteiger partial charge in [-0.2, -0.15) is 0 Å². The largest absolute Gasteiger partial charge is 0.497 e. The molecule has 0 aliphatic heterocycles. The second kappa shape index (κ2) is 9.57. The van der Waals surface area contributed by atoms with Crippen molar-refractivity contribution in [1.29, 1.82) is 0 Å². The summed E-state index contributed by atoms with van der Waals surface area (Å²) in [5.74, 6) is -0.195. The van der Waals surface area contributed by atoms with E-state index >= 15 is 0 Å². The standard InChI is InChI=1S/C29H22N2O4/c1-34-23-11-7-10-22(18-23)30-29(33)27-26(24-12-5-6-13-25(24)35-27)31-28(32)21-16-14-20(15-17-21)19-8-3-2-4-9-19/h2-18H,1H3,(H,30,33)(H,31,32). The van der Waals surface area contributed by atoms with Gasteiger partial charge in [-0.05, 0) is 47.5 Å². The van der Waals surface area contributed by atoms with Crippen LogP contribution in [-0.4, -0.2) is 18.9 Å². The molecule has 0 aliphatic carbocycles. The molecular weight excluding hydrogens is 440 g/mol. The molecule has 0 saturated heterocycles. The zero-order valence-electron chi connectivity index (χ0n) is 18.9. The molecule has 0 saturated carbocycles. The highest BCUT2D eigenvalue weighted by atomic mass is 16.5. The topological polar surface area (TPSA) is 80.6 Å². The molecule has 2 N–H and O–H groups in total. The number of ether oxygens (including phenoxy) is 1. The van der Waals surface area contributed by atoms with E-state index in [1.54, 1.807) is 55.6 Å². The Bertz CT molecular complexity index is 1510. The van der Waals surface area contributed by atoms with Crippen molar-refractivity contribution < 1.29 is 18.7 Å². The van der Waals surface area contributed by atoms with Gasteiger partial charge in [0, 0.05) is 22.7 Å². The molecule has 6 heteroatoms. The van der Waals surface area contributed by atoms with E-state index in [0.29, 0.717) is 33.7 Å². The fourth-order valence-electron chi connectivity index (χ4n) is 3.85. The van der Waals surface area contributed by atoms with E-state index in [2.05, 4.69) is 10.6 Å². The molecule has 35 heavy (non-hydrogen) atoms.